The standard InChI is InChI=1S/C25H38N4O3/c1-2-21-16-23(29-13-7-15-32-25(29)31)17-26-24(21)27-12-6-8-20(18-27)11-14-28(19-30)22-9-4-3-5-10-22/h16-17,19-20,22H,2-15,18H2,1H3. The smallest absolute Gasteiger partial charge is 0.414 e. The van der Waals surface area contributed by atoms with Gasteiger partial charge in [-0.05, 0) is 62.5 Å². The van der Waals surface area contributed by atoms with E-state index in [1.165, 1.54) is 31.2 Å². The van der Waals surface area contributed by atoms with Crippen molar-refractivity contribution in [2.24, 2.45) is 5.92 Å². The number of hydrogen-bond acceptors (Lipinski definition) is 5. The second-order valence-electron chi connectivity index (χ2n) is 9.53. The van der Waals surface area contributed by atoms with Crippen molar-refractivity contribution >= 4 is 24.0 Å². The summed E-state index contributed by atoms with van der Waals surface area (Å²) in [5.41, 5.74) is 2.01. The number of amides is 2. The van der Waals surface area contributed by atoms with E-state index in [0.717, 1.165) is 76.1 Å². The van der Waals surface area contributed by atoms with E-state index in [9.17, 15) is 9.59 Å². The Bertz CT molecular complexity index is 780. The summed E-state index contributed by atoms with van der Waals surface area (Å²) < 4.78 is 5.20. The molecular formula is C25H38N4O3. The molecule has 1 saturated carbocycles. The van der Waals surface area contributed by atoms with Crippen LogP contribution in [0.2, 0.25) is 0 Å². The Morgan fingerprint density at radius 2 is 2.00 bits per heavy atom. The van der Waals surface area contributed by atoms with E-state index >= 15 is 0 Å². The number of aromatic nitrogens is 1. The van der Waals surface area contributed by atoms with E-state index in [-0.39, 0.29) is 6.09 Å². The van der Waals surface area contributed by atoms with Gasteiger partial charge >= 0.3 is 6.09 Å². The topological polar surface area (TPSA) is 66.0 Å². The molecule has 0 spiro atoms. The van der Waals surface area contributed by atoms with E-state index in [1.807, 2.05) is 6.20 Å². The average Bonchev–Trinajstić information content (AvgIpc) is 2.85. The number of ether oxygens (including phenoxy) is 1. The molecule has 2 amide bonds. The number of carbonyl (C=O) groups excluding carboxylic acids is 2. The lowest BCUT2D eigenvalue weighted by atomic mass is 9.92. The predicted molar refractivity (Wildman–Crippen MR) is 126 cm³/mol. The van der Waals surface area contributed by atoms with Gasteiger partial charge in [-0.15, -0.1) is 0 Å². The van der Waals surface area contributed by atoms with Crippen LogP contribution in [0.15, 0.2) is 12.3 Å². The number of anilines is 2. The van der Waals surface area contributed by atoms with Crippen LogP contribution in [0.4, 0.5) is 16.3 Å². The van der Waals surface area contributed by atoms with E-state index in [4.69, 9.17) is 9.72 Å². The SMILES string of the molecule is CCc1cc(N2CCCOC2=O)cnc1N1CCCC(CCN(C=O)C2CCCCC2)C1. The summed E-state index contributed by atoms with van der Waals surface area (Å²) in [7, 11) is 0. The van der Waals surface area contributed by atoms with Gasteiger partial charge in [0.25, 0.3) is 0 Å². The van der Waals surface area contributed by atoms with Crippen molar-refractivity contribution in [3.05, 3.63) is 17.8 Å². The third-order valence-electron chi connectivity index (χ3n) is 7.39. The summed E-state index contributed by atoms with van der Waals surface area (Å²) in [5, 5.41) is 0. The largest absolute Gasteiger partial charge is 0.449 e. The van der Waals surface area contributed by atoms with Gasteiger partial charge in [-0.3, -0.25) is 9.69 Å². The van der Waals surface area contributed by atoms with Crippen LogP contribution in [0.5, 0.6) is 0 Å². The second-order valence-corrected chi connectivity index (χ2v) is 9.53. The molecule has 176 valence electrons. The highest BCUT2D eigenvalue weighted by atomic mass is 16.6. The zero-order chi connectivity index (χ0) is 22.3. The van der Waals surface area contributed by atoms with Gasteiger partial charge in [0.2, 0.25) is 6.41 Å². The predicted octanol–water partition coefficient (Wildman–Crippen LogP) is 4.39. The highest BCUT2D eigenvalue weighted by Gasteiger charge is 2.27. The molecule has 1 atom stereocenters. The quantitative estimate of drug-likeness (QED) is 0.559. The number of carbonyl (C=O) groups is 2. The molecule has 3 fully saturated rings. The molecule has 1 unspecified atom stereocenters. The molecular weight excluding hydrogens is 404 g/mol. The van der Waals surface area contributed by atoms with E-state index in [0.29, 0.717) is 25.1 Å². The van der Waals surface area contributed by atoms with Crippen LogP contribution in [0.3, 0.4) is 0 Å². The number of piperidine rings is 1. The van der Waals surface area contributed by atoms with Crippen molar-refractivity contribution in [2.75, 3.05) is 42.6 Å². The molecule has 3 aliphatic rings. The molecule has 0 N–H and O–H groups in total. The van der Waals surface area contributed by atoms with Gasteiger partial charge in [-0.1, -0.05) is 26.2 Å². The normalized spacial score (nSPS) is 22.5. The molecule has 4 rings (SSSR count). The zero-order valence-corrected chi connectivity index (χ0v) is 19.5. The summed E-state index contributed by atoms with van der Waals surface area (Å²) in [6, 6.07) is 2.55. The number of rotatable bonds is 8. The van der Waals surface area contributed by atoms with Crippen molar-refractivity contribution < 1.29 is 14.3 Å². The lowest BCUT2D eigenvalue weighted by molar-refractivity contribution is -0.121. The molecule has 3 heterocycles. The molecule has 32 heavy (non-hydrogen) atoms. The van der Waals surface area contributed by atoms with Gasteiger partial charge in [0.1, 0.15) is 5.82 Å². The number of nitrogens with zero attached hydrogens (tertiary/aromatic N) is 4. The van der Waals surface area contributed by atoms with Crippen molar-refractivity contribution in [1.82, 2.24) is 9.88 Å². The Balaban J connectivity index is 1.38. The van der Waals surface area contributed by atoms with Gasteiger partial charge in [0.05, 0.1) is 18.5 Å². The molecule has 0 aromatic carbocycles. The summed E-state index contributed by atoms with van der Waals surface area (Å²) >= 11 is 0. The number of pyridine rings is 1. The minimum absolute atomic E-state index is 0.274. The first-order valence-electron chi connectivity index (χ1n) is 12.6. The first kappa shape index (κ1) is 22.9. The minimum Gasteiger partial charge on any atom is -0.449 e. The average molecular weight is 443 g/mol. The van der Waals surface area contributed by atoms with E-state index in [1.54, 1.807) is 4.90 Å². The van der Waals surface area contributed by atoms with Crippen LogP contribution in [-0.2, 0) is 16.0 Å². The third-order valence-corrected chi connectivity index (χ3v) is 7.39. The molecule has 1 aliphatic carbocycles. The van der Waals surface area contributed by atoms with Crippen molar-refractivity contribution in [3.8, 4) is 0 Å². The molecule has 0 bridgehead atoms. The van der Waals surface area contributed by atoms with Gasteiger partial charge in [0.15, 0.2) is 0 Å². The Morgan fingerprint density at radius 1 is 1.16 bits per heavy atom. The van der Waals surface area contributed by atoms with E-state index in [2.05, 4.69) is 22.8 Å². The van der Waals surface area contributed by atoms with E-state index < -0.39 is 0 Å². The summed E-state index contributed by atoms with van der Waals surface area (Å²) in [6.07, 6.45) is 13.9. The van der Waals surface area contributed by atoms with Crippen LogP contribution >= 0.6 is 0 Å². The number of cyclic esters (lactones) is 1. The first-order chi connectivity index (χ1) is 15.7. The maximum atomic E-state index is 12.1. The Kier molecular flexibility index (Phi) is 7.87. The van der Waals surface area contributed by atoms with Crippen molar-refractivity contribution in [2.45, 2.75) is 77.2 Å². The zero-order valence-electron chi connectivity index (χ0n) is 19.5. The lowest BCUT2D eigenvalue weighted by Gasteiger charge is -2.37. The second kappa shape index (κ2) is 11.0. The molecule has 2 saturated heterocycles. The Morgan fingerprint density at radius 3 is 2.75 bits per heavy atom. The van der Waals surface area contributed by atoms with Crippen LogP contribution in [0, 0.1) is 5.92 Å². The lowest BCUT2D eigenvalue weighted by Crippen LogP contribution is -2.41. The number of hydrogen-bond donors (Lipinski definition) is 0. The van der Waals surface area contributed by atoms with Gasteiger partial charge in [0, 0.05) is 32.2 Å². The van der Waals surface area contributed by atoms with Crippen LogP contribution in [0.1, 0.15) is 70.3 Å². The minimum atomic E-state index is -0.274. The van der Waals surface area contributed by atoms with Crippen LogP contribution in [0.25, 0.3) is 0 Å². The fraction of sp³-hybridized carbons (Fsp3) is 0.720. The van der Waals surface area contributed by atoms with Crippen LogP contribution < -0.4 is 9.80 Å². The Hall–Kier alpha value is -2.31. The van der Waals surface area contributed by atoms with Crippen molar-refractivity contribution in [1.29, 1.82) is 0 Å². The molecule has 7 heteroatoms. The first-order valence-corrected chi connectivity index (χ1v) is 12.6. The van der Waals surface area contributed by atoms with Crippen LogP contribution in [-0.4, -0.2) is 61.2 Å². The van der Waals surface area contributed by atoms with Crippen molar-refractivity contribution in [3.63, 3.8) is 0 Å². The molecule has 1 aromatic rings. The molecule has 0 radical (unpaired) electrons. The van der Waals surface area contributed by atoms with Gasteiger partial charge < -0.3 is 14.5 Å². The van der Waals surface area contributed by atoms with Gasteiger partial charge in [-0.2, -0.15) is 0 Å². The fourth-order valence-electron chi connectivity index (χ4n) is 5.53. The molecule has 1 aromatic heterocycles. The summed E-state index contributed by atoms with van der Waals surface area (Å²) in [6.45, 7) is 6.20. The maximum Gasteiger partial charge on any atom is 0.414 e. The molecule has 2 aliphatic heterocycles. The summed E-state index contributed by atoms with van der Waals surface area (Å²) in [4.78, 5) is 34.8. The number of aryl methyl sites for hydroxylation is 1. The third kappa shape index (κ3) is 5.36. The molecule has 7 nitrogen and oxygen atoms in total. The highest BCUT2D eigenvalue weighted by molar-refractivity contribution is 5.88. The van der Waals surface area contributed by atoms with Gasteiger partial charge in [-0.25, -0.2) is 9.78 Å². The maximum absolute atomic E-state index is 12.1. The Labute approximate surface area is 192 Å². The fourth-order valence-corrected chi connectivity index (χ4v) is 5.53. The highest BCUT2D eigenvalue weighted by Crippen LogP contribution is 2.30. The monoisotopic (exact) mass is 442 g/mol. The summed E-state index contributed by atoms with van der Waals surface area (Å²) in [5.74, 6) is 1.63.